The van der Waals surface area contributed by atoms with Crippen LogP contribution in [0, 0.1) is 5.41 Å². The highest BCUT2D eigenvalue weighted by Gasteiger charge is 2.34. The van der Waals surface area contributed by atoms with Crippen molar-refractivity contribution in [3.05, 3.63) is 36.4 Å². The zero-order chi connectivity index (χ0) is 19.4. The van der Waals surface area contributed by atoms with Gasteiger partial charge in [-0.1, -0.05) is 6.08 Å². The molecule has 1 saturated heterocycles. The van der Waals surface area contributed by atoms with Crippen molar-refractivity contribution >= 4 is 23.0 Å². The number of nitrogens with two attached hydrogens (primary N) is 1. The standard InChI is InChI=1S/C21H31N5O/c1-3-10-26(20-9-8-18(20)23)21(27)14-24-19-13-16(25-11-4-5-12-25)6-7-17(19)15(2)22/h3,6-7,13,18,20,22,24H,1,4-5,8-12,14,23H2,2H3. The van der Waals surface area contributed by atoms with Gasteiger partial charge in [0.15, 0.2) is 0 Å². The summed E-state index contributed by atoms with van der Waals surface area (Å²) in [5.74, 6) is 0.0233. The van der Waals surface area contributed by atoms with E-state index in [4.69, 9.17) is 11.1 Å². The Hall–Kier alpha value is -2.34. The Bertz CT molecular complexity index is 711. The molecule has 2 aliphatic rings. The molecule has 27 heavy (non-hydrogen) atoms. The molecule has 6 heteroatoms. The minimum atomic E-state index is 0.0233. The van der Waals surface area contributed by atoms with E-state index in [9.17, 15) is 4.79 Å². The summed E-state index contributed by atoms with van der Waals surface area (Å²) in [6, 6.07) is 6.29. The van der Waals surface area contributed by atoms with Crippen molar-refractivity contribution in [1.29, 1.82) is 5.41 Å². The Balaban J connectivity index is 1.72. The third-order valence-electron chi connectivity index (χ3n) is 5.64. The van der Waals surface area contributed by atoms with Crippen LogP contribution in [0.3, 0.4) is 0 Å². The van der Waals surface area contributed by atoms with E-state index in [1.165, 1.54) is 12.8 Å². The Morgan fingerprint density at radius 3 is 2.70 bits per heavy atom. The van der Waals surface area contributed by atoms with Crippen LogP contribution in [0.15, 0.2) is 30.9 Å². The molecule has 1 heterocycles. The molecule has 1 aromatic carbocycles. The topological polar surface area (TPSA) is 85.5 Å². The quantitative estimate of drug-likeness (QED) is 0.486. The number of carbonyl (C=O) groups excluding carboxylic acids is 1. The number of benzene rings is 1. The Morgan fingerprint density at radius 1 is 1.41 bits per heavy atom. The molecular formula is C21H31N5O. The molecule has 1 aromatic rings. The fourth-order valence-corrected chi connectivity index (χ4v) is 3.91. The number of amides is 1. The highest BCUT2D eigenvalue weighted by atomic mass is 16.2. The van der Waals surface area contributed by atoms with Gasteiger partial charge in [0.05, 0.1) is 6.54 Å². The van der Waals surface area contributed by atoms with Crippen LogP contribution in [0.25, 0.3) is 0 Å². The maximum Gasteiger partial charge on any atom is 0.242 e. The third kappa shape index (κ3) is 4.33. The maximum atomic E-state index is 12.8. The summed E-state index contributed by atoms with van der Waals surface area (Å²) in [6.45, 7) is 8.38. The Morgan fingerprint density at radius 2 is 2.15 bits per heavy atom. The second-order valence-corrected chi connectivity index (χ2v) is 7.55. The number of hydrogen-bond acceptors (Lipinski definition) is 5. The summed E-state index contributed by atoms with van der Waals surface area (Å²) in [5, 5.41) is 11.3. The van der Waals surface area contributed by atoms with Crippen LogP contribution in [0.1, 0.15) is 38.2 Å². The molecule has 1 aliphatic heterocycles. The second-order valence-electron chi connectivity index (χ2n) is 7.55. The first-order chi connectivity index (χ1) is 13.0. The second kappa shape index (κ2) is 8.57. The van der Waals surface area contributed by atoms with Gasteiger partial charge in [-0.3, -0.25) is 4.79 Å². The van der Waals surface area contributed by atoms with E-state index in [1.807, 2.05) is 11.0 Å². The molecule has 6 nitrogen and oxygen atoms in total. The van der Waals surface area contributed by atoms with Gasteiger partial charge in [-0.2, -0.15) is 0 Å². The number of nitrogens with one attached hydrogen (secondary N) is 2. The fourth-order valence-electron chi connectivity index (χ4n) is 3.91. The number of nitrogens with zero attached hydrogens (tertiary/aromatic N) is 2. The van der Waals surface area contributed by atoms with Crippen molar-refractivity contribution in [2.75, 3.05) is 36.4 Å². The molecule has 0 radical (unpaired) electrons. The summed E-state index contributed by atoms with van der Waals surface area (Å²) < 4.78 is 0. The lowest BCUT2D eigenvalue weighted by Gasteiger charge is -2.42. The monoisotopic (exact) mass is 369 g/mol. The first kappa shape index (κ1) is 19.4. The smallest absolute Gasteiger partial charge is 0.242 e. The van der Waals surface area contributed by atoms with Crippen molar-refractivity contribution in [3.63, 3.8) is 0 Å². The van der Waals surface area contributed by atoms with Gasteiger partial charge in [-0.05, 0) is 50.8 Å². The van der Waals surface area contributed by atoms with Crippen molar-refractivity contribution < 1.29 is 4.79 Å². The normalized spacial score (nSPS) is 21.5. The number of carbonyl (C=O) groups is 1. The minimum absolute atomic E-state index is 0.0233. The summed E-state index contributed by atoms with van der Waals surface area (Å²) >= 11 is 0. The SMILES string of the molecule is C=CCN(C(=O)CNc1cc(N2CCCC2)ccc1C(C)=N)C1CCC1N. The van der Waals surface area contributed by atoms with Gasteiger partial charge in [-0.15, -0.1) is 6.58 Å². The van der Waals surface area contributed by atoms with Crippen molar-refractivity contribution in [3.8, 4) is 0 Å². The van der Waals surface area contributed by atoms with Gasteiger partial charge in [0.1, 0.15) is 0 Å². The molecule has 1 aliphatic carbocycles. The number of hydrogen-bond donors (Lipinski definition) is 3. The molecular weight excluding hydrogens is 338 g/mol. The molecule has 2 fully saturated rings. The molecule has 0 spiro atoms. The third-order valence-corrected chi connectivity index (χ3v) is 5.64. The van der Waals surface area contributed by atoms with Crippen molar-refractivity contribution in [1.82, 2.24) is 4.90 Å². The number of anilines is 2. The van der Waals surface area contributed by atoms with Crippen LogP contribution < -0.4 is 16.0 Å². The number of rotatable bonds is 8. The Kier molecular flexibility index (Phi) is 6.16. The predicted octanol–water partition coefficient (Wildman–Crippen LogP) is 2.59. The van der Waals surface area contributed by atoms with Gasteiger partial charge >= 0.3 is 0 Å². The maximum absolute atomic E-state index is 12.8. The van der Waals surface area contributed by atoms with E-state index in [1.54, 1.807) is 13.0 Å². The summed E-state index contributed by atoms with van der Waals surface area (Å²) in [7, 11) is 0. The molecule has 0 bridgehead atoms. The van der Waals surface area contributed by atoms with Gasteiger partial charge in [0.2, 0.25) is 5.91 Å². The first-order valence-corrected chi connectivity index (χ1v) is 9.85. The van der Waals surface area contributed by atoms with Gasteiger partial charge in [0, 0.05) is 54.4 Å². The Labute approximate surface area is 161 Å². The predicted molar refractivity (Wildman–Crippen MR) is 112 cm³/mol. The molecule has 3 rings (SSSR count). The lowest BCUT2D eigenvalue weighted by molar-refractivity contribution is -0.133. The molecule has 4 N–H and O–H groups in total. The van der Waals surface area contributed by atoms with Gasteiger partial charge < -0.3 is 26.3 Å². The van der Waals surface area contributed by atoms with Crippen LogP contribution in [0.2, 0.25) is 0 Å². The van der Waals surface area contributed by atoms with Crippen LogP contribution in [0.4, 0.5) is 11.4 Å². The van der Waals surface area contributed by atoms with E-state index < -0.39 is 0 Å². The van der Waals surface area contributed by atoms with Crippen molar-refractivity contribution in [2.24, 2.45) is 5.73 Å². The average molecular weight is 370 g/mol. The zero-order valence-electron chi connectivity index (χ0n) is 16.2. The fraction of sp³-hybridized carbons (Fsp3) is 0.524. The lowest BCUT2D eigenvalue weighted by atomic mass is 9.85. The van der Waals surface area contributed by atoms with Crippen molar-refractivity contribution in [2.45, 2.75) is 44.7 Å². The minimum Gasteiger partial charge on any atom is -0.376 e. The molecule has 1 saturated carbocycles. The highest BCUT2D eigenvalue weighted by Crippen LogP contribution is 2.28. The van der Waals surface area contributed by atoms with Gasteiger partial charge in [0.25, 0.3) is 0 Å². The van der Waals surface area contributed by atoms with Gasteiger partial charge in [-0.25, -0.2) is 0 Å². The lowest BCUT2D eigenvalue weighted by Crippen LogP contribution is -2.57. The van der Waals surface area contributed by atoms with E-state index in [-0.39, 0.29) is 24.5 Å². The van der Waals surface area contributed by atoms with E-state index >= 15 is 0 Å². The largest absolute Gasteiger partial charge is 0.376 e. The van der Waals surface area contributed by atoms with E-state index in [2.05, 4.69) is 28.9 Å². The molecule has 146 valence electrons. The van der Waals surface area contributed by atoms with Crippen LogP contribution >= 0.6 is 0 Å². The summed E-state index contributed by atoms with van der Waals surface area (Å²) in [5.41, 5.74) is 9.39. The average Bonchev–Trinajstić information content (AvgIpc) is 3.18. The van der Waals surface area contributed by atoms with Crippen LogP contribution in [-0.2, 0) is 4.79 Å². The van der Waals surface area contributed by atoms with E-state index in [0.29, 0.717) is 12.3 Å². The highest BCUT2D eigenvalue weighted by molar-refractivity contribution is 6.02. The summed E-state index contributed by atoms with van der Waals surface area (Å²) in [4.78, 5) is 17.0. The molecule has 2 atom stereocenters. The van der Waals surface area contributed by atoms with Crippen LogP contribution in [-0.4, -0.2) is 54.8 Å². The summed E-state index contributed by atoms with van der Waals surface area (Å²) in [6.07, 6.45) is 6.10. The molecule has 0 aromatic heterocycles. The first-order valence-electron chi connectivity index (χ1n) is 9.85. The zero-order valence-corrected chi connectivity index (χ0v) is 16.2. The van der Waals surface area contributed by atoms with E-state index in [0.717, 1.165) is 42.9 Å². The van der Waals surface area contributed by atoms with Crippen LogP contribution in [0.5, 0.6) is 0 Å². The molecule has 2 unspecified atom stereocenters. The molecule has 1 amide bonds.